The van der Waals surface area contributed by atoms with Gasteiger partial charge in [-0.2, -0.15) is 0 Å². The van der Waals surface area contributed by atoms with Gasteiger partial charge in [0.05, 0.1) is 12.6 Å². The van der Waals surface area contributed by atoms with Gasteiger partial charge in [0, 0.05) is 19.7 Å². The average molecular weight is 228 g/mol. The van der Waals surface area contributed by atoms with Crippen molar-refractivity contribution in [1.82, 2.24) is 10.6 Å². The van der Waals surface area contributed by atoms with Gasteiger partial charge in [-0.25, -0.2) is 0 Å². The molecule has 94 valence electrons. The zero-order valence-electron chi connectivity index (χ0n) is 10.7. The van der Waals surface area contributed by atoms with E-state index < -0.39 is 0 Å². The summed E-state index contributed by atoms with van der Waals surface area (Å²) in [5.74, 6) is 0.899. The molecule has 1 aliphatic heterocycles. The van der Waals surface area contributed by atoms with Crippen LogP contribution in [0.5, 0.6) is 0 Å². The quantitative estimate of drug-likeness (QED) is 0.731. The van der Waals surface area contributed by atoms with Crippen LogP contribution in [-0.2, 0) is 9.53 Å². The molecule has 1 aliphatic rings. The SMILES string of the molecule is CNC(=O)[C@H](N[C@H](C)[C@@H]1CCOC1)C(C)C. The van der Waals surface area contributed by atoms with Crippen LogP contribution in [0.4, 0.5) is 0 Å². The summed E-state index contributed by atoms with van der Waals surface area (Å²) in [5, 5.41) is 6.13. The minimum Gasteiger partial charge on any atom is -0.381 e. The molecule has 1 rings (SSSR count). The molecule has 1 fully saturated rings. The molecule has 0 saturated carbocycles. The van der Waals surface area contributed by atoms with Crippen LogP contribution in [-0.4, -0.2) is 38.3 Å². The lowest BCUT2D eigenvalue weighted by atomic mass is 9.96. The Morgan fingerprint density at radius 2 is 2.06 bits per heavy atom. The molecule has 1 heterocycles. The number of rotatable bonds is 5. The van der Waals surface area contributed by atoms with Crippen LogP contribution in [0.3, 0.4) is 0 Å². The number of likely N-dealkylation sites (N-methyl/N-ethyl adjacent to an activating group) is 1. The Kier molecular flexibility index (Phi) is 5.22. The third-order valence-corrected chi connectivity index (χ3v) is 3.31. The maximum Gasteiger partial charge on any atom is 0.237 e. The smallest absolute Gasteiger partial charge is 0.237 e. The molecule has 16 heavy (non-hydrogen) atoms. The van der Waals surface area contributed by atoms with Gasteiger partial charge in [0.25, 0.3) is 0 Å². The Labute approximate surface area is 98.1 Å². The molecule has 3 atom stereocenters. The zero-order chi connectivity index (χ0) is 12.1. The van der Waals surface area contributed by atoms with Gasteiger partial charge in [-0.3, -0.25) is 4.79 Å². The first kappa shape index (κ1) is 13.5. The van der Waals surface area contributed by atoms with E-state index in [1.807, 2.05) is 0 Å². The van der Waals surface area contributed by atoms with Crippen LogP contribution in [0.2, 0.25) is 0 Å². The van der Waals surface area contributed by atoms with Gasteiger partial charge in [0.2, 0.25) is 5.91 Å². The number of ether oxygens (including phenoxy) is 1. The van der Waals surface area contributed by atoms with Crippen molar-refractivity contribution >= 4 is 5.91 Å². The van der Waals surface area contributed by atoms with Crippen molar-refractivity contribution in [3.63, 3.8) is 0 Å². The molecule has 4 nitrogen and oxygen atoms in total. The van der Waals surface area contributed by atoms with Crippen LogP contribution in [0, 0.1) is 11.8 Å². The highest BCUT2D eigenvalue weighted by Crippen LogP contribution is 2.17. The maximum absolute atomic E-state index is 11.7. The highest BCUT2D eigenvalue weighted by Gasteiger charge is 2.28. The second kappa shape index (κ2) is 6.21. The molecule has 1 saturated heterocycles. The van der Waals surface area contributed by atoms with Crippen molar-refractivity contribution in [2.45, 2.75) is 39.3 Å². The summed E-state index contributed by atoms with van der Waals surface area (Å²) in [6.07, 6.45) is 1.09. The van der Waals surface area contributed by atoms with Crippen LogP contribution < -0.4 is 10.6 Å². The van der Waals surface area contributed by atoms with Crippen LogP contribution >= 0.6 is 0 Å². The molecule has 4 heteroatoms. The first-order valence-electron chi connectivity index (χ1n) is 6.11. The van der Waals surface area contributed by atoms with Gasteiger partial charge >= 0.3 is 0 Å². The Morgan fingerprint density at radius 3 is 2.50 bits per heavy atom. The van der Waals surface area contributed by atoms with E-state index in [1.165, 1.54) is 0 Å². The van der Waals surface area contributed by atoms with Gasteiger partial charge < -0.3 is 15.4 Å². The van der Waals surface area contributed by atoms with E-state index in [1.54, 1.807) is 7.05 Å². The summed E-state index contributed by atoms with van der Waals surface area (Å²) in [6, 6.07) is 0.216. The minimum absolute atomic E-state index is 0.0702. The highest BCUT2D eigenvalue weighted by molar-refractivity contribution is 5.81. The summed E-state index contributed by atoms with van der Waals surface area (Å²) in [4.78, 5) is 11.7. The number of hydrogen-bond acceptors (Lipinski definition) is 3. The fourth-order valence-corrected chi connectivity index (χ4v) is 2.09. The van der Waals surface area contributed by atoms with E-state index in [4.69, 9.17) is 4.74 Å². The molecule has 0 radical (unpaired) electrons. The van der Waals surface area contributed by atoms with Crippen molar-refractivity contribution < 1.29 is 9.53 Å². The normalized spacial score (nSPS) is 24.4. The standard InChI is InChI=1S/C12H24N2O2/c1-8(2)11(12(15)13-4)14-9(3)10-5-6-16-7-10/h8-11,14H,5-7H2,1-4H3,(H,13,15)/t9-,10-,11-/m1/s1. The molecular formula is C12H24N2O2. The molecule has 0 unspecified atom stereocenters. The third-order valence-electron chi connectivity index (χ3n) is 3.31. The second-order valence-electron chi connectivity index (χ2n) is 4.91. The first-order valence-corrected chi connectivity index (χ1v) is 6.11. The van der Waals surface area contributed by atoms with Crippen LogP contribution in [0.25, 0.3) is 0 Å². The Hall–Kier alpha value is -0.610. The maximum atomic E-state index is 11.7. The molecule has 0 aromatic carbocycles. The third kappa shape index (κ3) is 3.46. The van der Waals surface area contributed by atoms with Crippen molar-refractivity contribution in [1.29, 1.82) is 0 Å². The van der Waals surface area contributed by atoms with E-state index in [2.05, 4.69) is 31.4 Å². The van der Waals surface area contributed by atoms with Crippen molar-refractivity contribution in [3.8, 4) is 0 Å². The molecule has 0 aromatic heterocycles. The van der Waals surface area contributed by atoms with Gasteiger partial charge in [-0.1, -0.05) is 13.8 Å². The number of carbonyl (C=O) groups is 1. The fraction of sp³-hybridized carbons (Fsp3) is 0.917. The molecular weight excluding hydrogens is 204 g/mol. The topological polar surface area (TPSA) is 50.4 Å². The van der Waals surface area contributed by atoms with E-state index in [-0.39, 0.29) is 11.9 Å². The highest BCUT2D eigenvalue weighted by atomic mass is 16.5. The van der Waals surface area contributed by atoms with Gasteiger partial charge in [0.15, 0.2) is 0 Å². The summed E-state index contributed by atoms with van der Waals surface area (Å²) in [6.45, 7) is 7.92. The minimum atomic E-state index is -0.111. The van der Waals surface area contributed by atoms with Gasteiger partial charge in [-0.15, -0.1) is 0 Å². The monoisotopic (exact) mass is 228 g/mol. The summed E-state index contributed by atoms with van der Waals surface area (Å²) >= 11 is 0. The average Bonchev–Trinajstić information content (AvgIpc) is 2.77. The molecule has 0 aliphatic carbocycles. The molecule has 0 aromatic rings. The summed E-state index contributed by atoms with van der Waals surface area (Å²) in [5.41, 5.74) is 0. The van der Waals surface area contributed by atoms with E-state index >= 15 is 0 Å². The van der Waals surface area contributed by atoms with E-state index in [0.29, 0.717) is 17.9 Å². The van der Waals surface area contributed by atoms with Crippen LogP contribution in [0.15, 0.2) is 0 Å². The lowest BCUT2D eigenvalue weighted by molar-refractivity contribution is -0.124. The second-order valence-corrected chi connectivity index (χ2v) is 4.91. The Morgan fingerprint density at radius 1 is 1.38 bits per heavy atom. The van der Waals surface area contributed by atoms with Gasteiger partial charge in [0.1, 0.15) is 0 Å². The lowest BCUT2D eigenvalue weighted by Crippen LogP contribution is -2.51. The Bertz CT molecular complexity index is 225. The first-order chi connectivity index (χ1) is 7.56. The van der Waals surface area contributed by atoms with Crippen molar-refractivity contribution in [2.75, 3.05) is 20.3 Å². The van der Waals surface area contributed by atoms with E-state index in [0.717, 1.165) is 19.6 Å². The molecule has 0 spiro atoms. The fourth-order valence-electron chi connectivity index (χ4n) is 2.09. The predicted octanol–water partition coefficient (Wildman–Crippen LogP) is 0.772. The lowest BCUT2D eigenvalue weighted by Gasteiger charge is -2.27. The number of nitrogens with one attached hydrogen (secondary N) is 2. The number of carbonyl (C=O) groups excluding carboxylic acids is 1. The van der Waals surface area contributed by atoms with Crippen molar-refractivity contribution in [3.05, 3.63) is 0 Å². The van der Waals surface area contributed by atoms with Gasteiger partial charge in [-0.05, 0) is 25.2 Å². The number of amides is 1. The largest absolute Gasteiger partial charge is 0.381 e. The van der Waals surface area contributed by atoms with Crippen LogP contribution in [0.1, 0.15) is 27.2 Å². The Balaban J connectivity index is 2.50. The number of hydrogen-bond donors (Lipinski definition) is 2. The molecule has 2 N–H and O–H groups in total. The van der Waals surface area contributed by atoms with Crippen molar-refractivity contribution in [2.24, 2.45) is 11.8 Å². The zero-order valence-corrected chi connectivity index (χ0v) is 10.7. The summed E-state index contributed by atoms with van der Waals surface area (Å²) in [7, 11) is 1.68. The predicted molar refractivity (Wildman–Crippen MR) is 64.2 cm³/mol. The molecule has 1 amide bonds. The summed E-state index contributed by atoms with van der Waals surface area (Å²) < 4.78 is 5.37. The molecule has 0 bridgehead atoms. The van der Waals surface area contributed by atoms with E-state index in [9.17, 15) is 4.79 Å².